The quantitative estimate of drug-likeness (QED) is 0.398. The van der Waals surface area contributed by atoms with Gasteiger partial charge in [-0.3, -0.25) is 19.4 Å². The van der Waals surface area contributed by atoms with Crippen LogP contribution in [0.2, 0.25) is 0 Å². The standard InChI is InChI=1S/C23H18N4O4/c1-24-23(30)18-13-17(11-12-25-18)31-16-9-7-15(8-10-16)27-20-19(21(28)22(20)29)26-14-5-3-2-4-6-14/h2-13,26-27H,1H3,(H,24,30). The van der Waals surface area contributed by atoms with Crippen molar-refractivity contribution < 1.29 is 9.53 Å². The lowest BCUT2D eigenvalue weighted by Gasteiger charge is -2.15. The number of nitrogens with one attached hydrogen (secondary N) is 3. The number of hydrogen-bond acceptors (Lipinski definition) is 7. The summed E-state index contributed by atoms with van der Waals surface area (Å²) in [6, 6.07) is 19.2. The number of ether oxygens (including phenoxy) is 1. The van der Waals surface area contributed by atoms with Crippen molar-refractivity contribution in [3.8, 4) is 11.5 Å². The Kier molecular flexibility index (Phi) is 5.44. The molecular weight excluding hydrogens is 396 g/mol. The third-order valence-corrected chi connectivity index (χ3v) is 4.50. The van der Waals surface area contributed by atoms with E-state index in [-0.39, 0.29) is 23.0 Å². The van der Waals surface area contributed by atoms with Gasteiger partial charge in [0.2, 0.25) is 0 Å². The first kappa shape index (κ1) is 19.8. The molecule has 0 saturated heterocycles. The van der Waals surface area contributed by atoms with Gasteiger partial charge >= 0.3 is 0 Å². The number of benzene rings is 2. The van der Waals surface area contributed by atoms with E-state index in [0.717, 1.165) is 5.69 Å². The molecule has 1 amide bonds. The number of amides is 1. The highest BCUT2D eigenvalue weighted by Crippen LogP contribution is 2.27. The van der Waals surface area contributed by atoms with Crippen molar-refractivity contribution in [2.24, 2.45) is 0 Å². The lowest BCUT2D eigenvalue weighted by Crippen LogP contribution is -2.35. The van der Waals surface area contributed by atoms with Crippen LogP contribution in [0.15, 0.2) is 82.5 Å². The van der Waals surface area contributed by atoms with Crippen molar-refractivity contribution in [3.63, 3.8) is 0 Å². The summed E-state index contributed by atoms with van der Waals surface area (Å²) in [7, 11) is 1.53. The zero-order valence-electron chi connectivity index (χ0n) is 16.5. The highest BCUT2D eigenvalue weighted by molar-refractivity contribution is 5.92. The third kappa shape index (κ3) is 4.27. The monoisotopic (exact) mass is 414 g/mol. The molecule has 1 aromatic heterocycles. The Morgan fingerprint density at radius 1 is 0.806 bits per heavy atom. The van der Waals surface area contributed by atoms with Gasteiger partial charge in [0.05, 0.1) is 0 Å². The average molecular weight is 414 g/mol. The maximum atomic E-state index is 12.0. The van der Waals surface area contributed by atoms with Gasteiger partial charge in [-0.15, -0.1) is 0 Å². The summed E-state index contributed by atoms with van der Waals surface area (Å²) in [5.74, 6) is 0.691. The number of anilines is 4. The molecule has 4 rings (SSSR count). The Balaban J connectivity index is 1.47. The molecule has 8 heteroatoms. The number of hydrogen-bond donors (Lipinski definition) is 3. The number of rotatable bonds is 7. The lowest BCUT2D eigenvalue weighted by molar-refractivity contribution is 0.0958. The van der Waals surface area contributed by atoms with E-state index in [1.54, 1.807) is 30.3 Å². The molecule has 1 heterocycles. The van der Waals surface area contributed by atoms with Crippen LogP contribution in [0.1, 0.15) is 10.5 Å². The predicted molar refractivity (Wildman–Crippen MR) is 119 cm³/mol. The van der Waals surface area contributed by atoms with Gasteiger partial charge in [-0.2, -0.15) is 0 Å². The van der Waals surface area contributed by atoms with Crippen LogP contribution >= 0.6 is 0 Å². The molecule has 0 spiro atoms. The van der Waals surface area contributed by atoms with E-state index >= 15 is 0 Å². The minimum Gasteiger partial charge on any atom is -0.457 e. The maximum Gasteiger partial charge on any atom is 0.269 e. The second-order valence-electron chi connectivity index (χ2n) is 6.61. The number of aromatic nitrogens is 1. The minimum absolute atomic E-state index is 0.215. The van der Waals surface area contributed by atoms with Gasteiger partial charge in [0, 0.05) is 30.7 Å². The molecule has 0 aliphatic rings. The third-order valence-electron chi connectivity index (χ3n) is 4.50. The smallest absolute Gasteiger partial charge is 0.269 e. The van der Waals surface area contributed by atoms with E-state index in [1.165, 1.54) is 19.3 Å². The Morgan fingerprint density at radius 3 is 2.03 bits per heavy atom. The molecule has 31 heavy (non-hydrogen) atoms. The van der Waals surface area contributed by atoms with Crippen molar-refractivity contribution in [2.45, 2.75) is 0 Å². The molecule has 8 nitrogen and oxygen atoms in total. The number of nitrogens with zero attached hydrogens (tertiary/aromatic N) is 1. The first-order valence-corrected chi connectivity index (χ1v) is 9.43. The van der Waals surface area contributed by atoms with Crippen LogP contribution in [0.25, 0.3) is 0 Å². The molecule has 0 aliphatic heterocycles. The van der Waals surface area contributed by atoms with E-state index < -0.39 is 10.9 Å². The molecule has 3 N–H and O–H groups in total. The van der Waals surface area contributed by atoms with Crippen molar-refractivity contribution in [3.05, 3.63) is 99.1 Å². The SMILES string of the molecule is CNC(=O)c1cc(Oc2ccc(Nc3c(Nc4ccccc4)c(=O)c3=O)cc2)ccn1. The summed E-state index contributed by atoms with van der Waals surface area (Å²) in [5.41, 5.74) is 0.901. The summed E-state index contributed by atoms with van der Waals surface area (Å²) >= 11 is 0. The summed E-state index contributed by atoms with van der Waals surface area (Å²) < 4.78 is 5.76. The van der Waals surface area contributed by atoms with Gasteiger partial charge in [-0.1, -0.05) is 18.2 Å². The largest absolute Gasteiger partial charge is 0.457 e. The van der Waals surface area contributed by atoms with E-state index in [2.05, 4.69) is 20.9 Å². The number of pyridine rings is 1. The number of carbonyl (C=O) groups excluding carboxylic acids is 1. The minimum atomic E-state index is -0.572. The van der Waals surface area contributed by atoms with Crippen LogP contribution < -0.4 is 31.5 Å². The Morgan fingerprint density at radius 2 is 1.42 bits per heavy atom. The van der Waals surface area contributed by atoms with E-state index in [9.17, 15) is 14.4 Å². The molecule has 3 aromatic carbocycles. The molecule has 0 unspecified atom stereocenters. The fourth-order valence-corrected chi connectivity index (χ4v) is 2.91. The highest BCUT2D eigenvalue weighted by Gasteiger charge is 2.21. The molecule has 0 atom stereocenters. The summed E-state index contributed by atoms with van der Waals surface area (Å²) in [4.78, 5) is 39.7. The second kappa shape index (κ2) is 8.50. The van der Waals surface area contributed by atoms with Crippen molar-refractivity contribution in [1.29, 1.82) is 0 Å². The molecule has 0 radical (unpaired) electrons. The average Bonchev–Trinajstić information content (AvgIpc) is 2.82. The van der Waals surface area contributed by atoms with Gasteiger partial charge in [-0.05, 0) is 42.5 Å². The van der Waals surface area contributed by atoms with Gasteiger partial charge in [0.1, 0.15) is 28.6 Å². The normalized spacial score (nSPS) is 10.5. The van der Waals surface area contributed by atoms with Crippen molar-refractivity contribution in [2.75, 3.05) is 17.7 Å². The van der Waals surface area contributed by atoms with Crippen LogP contribution in [-0.4, -0.2) is 17.9 Å². The maximum absolute atomic E-state index is 12.0. The molecular formula is C23H18N4O4. The summed E-state index contributed by atoms with van der Waals surface area (Å²) in [5, 5.41) is 8.46. The van der Waals surface area contributed by atoms with Crippen molar-refractivity contribution >= 4 is 28.7 Å². The molecule has 0 saturated carbocycles. The van der Waals surface area contributed by atoms with Crippen LogP contribution in [0.4, 0.5) is 22.7 Å². The predicted octanol–water partition coefficient (Wildman–Crippen LogP) is 3.32. The van der Waals surface area contributed by atoms with E-state index in [0.29, 0.717) is 17.2 Å². The zero-order valence-corrected chi connectivity index (χ0v) is 16.5. The zero-order chi connectivity index (χ0) is 21.8. The summed E-state index contributed by atoms with van der Waals surface area (Å²) in [6.07, 6.45) is 1.49. The topological polar surface area (TPSA) is 109 Å². The van der Waals surface area contributed by atoms with Gasteiger partial charge in [0.15, 0.2) is 0 Å². The van der Waals surface area contributed by atoms with Gasteiger partial charge in [0.25, 0.3) is 16.8 Å². The van der Waals surface area contributed by atoms with Crippen molar-refractivity contribution in [1.82, 2.24) is 10.3 Å². The lowest BCUT2D eigenvalue weighted by atomic mass is 10.1. The second-order valence-corrected chi connectivity index (χ2v) is 6.61. The molecule has 0 bridgehead atoms. The molecule has 154 valence electrons. The van der Waals surface area contributed by atoms with E-state index in [4.69, 9.17) is 4.74 Å². The first-order chi connectivity index (χ1) is 15.0. The highest BCUT2D eigenvalue weighted by atomic mass is 16.5. The Labute approximate surface area is 177 Å². The van der Waals surface area contributed by atoms with Gasteiger partial charge < -0.3 is 20.7 Å². The van der Waals surface area contributed by atoms with Gasteiger partial charge in [-0.25, -0.2) is 0 Å². The summed E-state index contributed by atoms with van der Waals surface area (Å²) in [6.45, 7) is 0. The number of carbonyl (C=O) groups is 1. The van der Waals surface area contributed by atoms with Crippen LogP contribution in [0.3, 0.4) is 0 Å². The molecule has 4 aromatic rings. The Hall–Kier alpha value is -4.46. The first-order valence-electron chi connectivity index (χ1n) is 9.43. The van der Waals surface area contributed by atoms with Crippen LogP contribution in [-0.2, 0) is 0 Å². The molecule has 0 aliphatic carbocycles. The fourth-order valence-electron chi connectivity index (χ4n) is 2.91. The Bertz CT molecular complexity index is 1290. The fraction of sp³-hybridized carbons (Fsp3) is 0.0435. The van der Waals surface area contributed by atoms with Crippen LogP contribution in [0.5, 0.6) is 11.5 Å². The van der Waals surface area contributed by atoms with E-state index in [1.807, 2.05) is 30.3 Å². The number of para-hydroxylation sites is 1. The van der Waals surface area contributed by atoms with Crippen LogP contribution in [0, 0.1) is 0 Å². The molecule has 0 fully saturated rings.